The summed E-state index contributed by atoms with van der Waals surface area (Å²) in [5.41, 5.74) is 22.2. The lowest BCUT2D eigenvalue weighted by Crippen LogP contribution is -2.61. The first kappa shape index (κ1) is 41.7. The van der Waals surface area contributed by atoms with Crippen molar-refractivity contribution < 1.29 is 4.42 Å². The van der Waals surface area contributed by atoms with Crippen LogP contribution in [-0.4, -0.2) is 6.71 Å². The summed E-state index contributed by atoms with van der Waals surface area (Å²) in [4.78, 5) is 7.43. The molecule has 0 radical (unpaired) electrons. The zero-order valence-electron chi connectivity index (χ0n) is 39.9. The molecule has 0 saturated carbocycles. The van der Waals surface area contributed by atoms with Crippen molar-refractivity contribution in [1.82, 2.24) is 0 Å². The van der Waals surface area contributed by atoms with Gasteiger partial charge in [-0.25, -0.2) is 0 Å². The summed E-state index contributed by atoms with van der Waals surface area (Å²) >= 11 is 0. The maximum absolute atomic E-state index is 6.35. The zero-order chi connectivity index (χ0) is 46.5. The number of benzene rings is 9. The number of aryl methyl sites for hydroxylation is 1. The van der Waals surface area contributed by atoms with E-state index in [2.05, 4.69) is 251 Å². The first-order valence-corrected chi connectivity index (χ1v) is 23.9. The fourth-order valence-electron chi connectivity index (χ4n) is 10.7. The monoisotopic (exact) mass is 879 g/mol. The molecule has 0 saturated heterocycles. The van der Waals surface area contributed by atoms with Gasteiger partial charge in [-0.3, -0.25) is 0 Å². The predicted octanol–water partition coefficient (Wildman–Crippen LogP) is 15.7. The highest BCUT2D eigenvalue weighted by molar-refractivity contribution is 7.00. The van der Waals surface area contributed by atoms with E-state index in [1.807, 2.05) is 12.1 Å². The Kier molecular flexibility index (Phi) is 9.60. The summed E-state index contributed by atoms with van der Waals surface area (Å²) in [7, 11) is 0. The molecule has 10 aromatic rings. The fraction of sp³-hybridized carbons (Fsp3) is 0.143. The van der Waals surface area contributed by atoms with E-state index in [-0.39, 0.29) is 17.5 Å². The minimum Gasteiger partial charge on any atom is -0.456 e. The second-order valence-corrected chi connectivity index (χ2v) is 20.7. The molecule has 68 heavy (non-hydrogen) atoms. The van der Waals surface area contributed by atoms with Crippen molar-refractivity contribution in [2.24, 2.45) is 0 Å². The molecule has 3 heterocycles. The Labute approximate surface area is 400 Å². The van der Waals surface area contributed by atoms with Crippen molar-refractivity contribution >= 4 is 96.2 Å². The lowest BCUT2D eigenvalue weighted by Gasteiger charge is -2.45. The first-order chi connectivity index (χ1) is 32.9. The van der Waals surface area contributed by atoms with Crippen LogP contribution < -0.4 is 31.1 Å². The van der Waals surface area contributed by atoms with Gasteiger partial charge in [0.05, 0.1) is 0 Å². The molecular formula is C63H54BN3O. The Balaban J connectivity index is 1.09. The highest BCUT2D eigenvalue weighted by Gasteiger charge is 2.44. The van der Waals surface area contributed by atoms with Crippen molar-refractivity contribution in [1.29, 1.82) is 0 Å². The van der Waals surface area contributed by atoms with Crippen molar-refractivity contribution in [3.8, 4) is 11.1 Å². The zero-order valence-corrected chi connectivity index (χ0v) is 39.9. The summed E-state index contributed by atoms with van der Waals surface area (Å²) in [6.45, 7) is 16.1. The van der Waals surface area contributed by atoms with Crippen LogP contribution in [0.2, 0.25) is 0 Å². The van der Waals surface area contributed by atoms with E-state index in [1.165, 1.54) is 55.8 Å². The van der Waals surface area contributed by atoms with E-state index in [4.69, 9.17) is 4.42 Å². The van der Waals surface area contributed by atoms with Crippen LogP contribution in [0.25, 0.3) is 33.1 Å². The van der Waals surface area contributed by atoms with Gasteiger partial charge in [-0.15, -0.1) is 0 Å². The van der Waals surface area contributed by atoms with Crippen LogP contribution in [0.4, 0.5) is 51.2 Å². The molecule has 0 atom stereocenters. The van der Waals surface area contributed by atoms with Gasteiger partial charge in [0.1, 0.15) is 11.2 Å². The standard InChI is InChI=1S/C63H54BN3O/c1-41-36-57-61-58(37-41)67(48-28-22-42(23-29-48)43-24-33-52-51-20-14-15-21-59(51)68-60(52)38-43)56-40-50(65(46-16-10-8-11-17-46)47-18-12-9-13-19-47)32-34-53(56)64(61)54-39-45(63(5,6)7)27-35-55(54)66(57)49-30-25-44(26-31-49)62(2,3)4/h8-40H,1-7H3. The minimum absolute atomic E-state index is 0.0139. The molecule has 0 aliphatic carbocycles. The van der Waals surface area contributed by atoms with E-state index in [9.17, 15) is 0 Å². The van der Waals surface area contributed by atoms with Crippen molar-refractivity contribution in [2.75, 3.05) is 14.7 Å². The Morgan fingerprint density at radius 3 is 1.62 bits per heavy atom. The Hall–Kier alpha value is -7.76. The number of para-hydroxylation sites is 3. The second-order valence-electron chi connectivity index (χ2n) is 20.7. The number of nitrogens with zero attached hydrogens (tertiary/aromatic N) is 3. The van der Waals surface area contributed by atoms with Gasteiger partial charge >= 0.3 is 0 Å². The van der Waals surface area contributed by atoms with E-state index in [1.54, 1.807) is 0 Å². The quantitative estimate of drug-likeness (QED) is 0.155. The van der Waals surface area contributed by atoms with Crippen molar-refractivity contribution in [2.45, 2.75) is 59.3 Å². The van der Waals surface area contributed by atoms with Crippen LogP contribution in [0.15, 0.2) is 205 Å². The number of anilines is 9. The van der Waals surface area contributed by atoms with Crippen molar-refractivity contribution in [3.05, 3.63) is 217 Å². The number of furan rings is 1. The summed E-state index contributed by atoms with van der Waals surface area (Å²) in [5, 5.41) is 2.28. The third-order valence-corrected chi connectivity index (χ3v) is 14.2. The topological polar surface area (TPSA) is 22.9 Å². The number of rotatable bonds is 6. The molecule has 0 bridgehead atoms. The van der Waals surface area contributed by atoms with E-state index < -0.39 is 0 Å². The van der Waals surface area contributed by atoms with Gasteiger partial charge in [0, 0.05) is 62.0 Å². The summed E-state index contributed by atoms with van der Waals surface area (Å²) in [6.07, 6.45) is 0. The van der Waals surface area contributed by atoms with Gasteiger partial charge in [0.2, 0.25) is 0 Å². The smallest absolute Gasteiger partial charge is 0.252 e. The maximum Gasteiger partial charge on any atom is 0.252 e. The molecule has 2 aliphatic heterocycles. The van der Waals surface area contributed by atoms with Gasteiger partial charge in [-0.1, -0.05) is 145 Å². The molecule has 2 aliphatic rings. The van der Waals surface area contributed by atoms with Crippen LogP contribution in [0.1, 0.15) is 58.2 Å². The molecule has 0 amide bonds. The highest BCUT2D eigenvalue weighted by Crippen LogP contribution is 2.47. The van der Waals surface area contributed by atoms with Crippen LogP contribution in [-0.2, 0) is 10.8 Å². The Morgan fingerprint density at radius 2 is 0.971 bits per heavy atom. The fourth-order valence-corrected chi connectivity index (χ4v) is 10.7. The minimum atomic E-state index is -0.0411. The molecule has 5 heteroatoms. The molecule has 0 N–H and O–H groups in total. The summed E-state index contributed by atoms with van der Waals surface area (Å²) in [6, 6.07) is 74.0. The van der Waals surface area contributed by atoms with Gasteiger partial charge in [0.15, 0.2) is 0 Å². The SMILES string of the molecule is Cc1cc2c3c(c1)N(c1ccc(-c4ccc5c(c4)oc4ccccc45)cc1)c1cc(N(c4ccccc4)c4ccccc4)ccc1B3c1cc(C(C)(C)C)ccc1N2c1ccc(C(C)(C)C)cc1. The largest absolute Gasteiger partial charge is 0.456 e. The molecule has 1 aromatic heterocycles. The number of hydrogen-bond acceptors (Lipinski definition) is 4. The van der Waals surface area contributed by atoms with E-state index in [0.29, 0.717) is 0 Å². The lowest BCUT2D eigenvalue weighted by atomic mass is 9.33. The van der Waals surface area contributed by atoms with Crippen LogP contribution in [0, 0.1) is 6.92 Å². The maximum atomic E-state index is 6.35. The molecule has 0 fully saturated rings. The first-order valence-electron chi connectivity index (χ1n) is 23.9. The van der Waals surface area contributed by atoms with Gasteiger partial charge < -0.3 is 19.1 Å². The van der Waals surface area contributed by atoms with Crippen LogP contribution >= 0.6 is 0 Å². The average Bonchev–Trinajstić information content (AvgIpc) is 3.72. The van der Waals surface area contributed by atoms with Crippen molar-refractivity contribution in [3.63, 3.8) is 0 Å². The predicted molar refractivity (Wildman–Crippen MR) is 290 cm³/mol. The molecule has 0 unspecified atom stereocenters. The third-order valence-electron chi connectivity index (χ3n) is 14.2. The molecule has 0 spiro atoms. The molecule has 9 aromatic carbocycles. The van der Waals surface area contributed by atoms with Gasteiger partial charge in [0.25, 0.3) is 6.71 Å². The van der Waals surface area contributed by atoms with Gasteiger partial charge in [-0.2, -0.15) is 0 Å². The number of fused-ring (bicyclic) bond motifs is 7. The molecular weight excluding hydrogens is 826 g/mol. The van der Waals surface area contributed by atoms with Crippen LogP contribution in [0.3, 0.4) is 0 Å². The molecule has 12 rings (SSSR count). The highest BCUT2D eigenvalue weighted by atomic mass is 16.3. The average molecular weight is 880 g/mol. The number of hydrogen-bond donors (Lipinski definition) is 0. The summed E-state index contributed by atoms with van der Waals surface area (Å²) in [5.74, 6) is 0. The molecule has 4 nitrogen and oxygen atoms in total. The van der Waals surface area contributed by atoms with Crippen LogP contribution in [0.5, 0.6) is 0 Å². The lowest BCUT2D eigenvalue weighted by molar-refractivity contribution is 0.590. The molecule has 330 valence electrons. The summed E-state index contributed by atoms with van der Waals surface area (Å²) < 4.78 is 6.35. The van der Waals surface area contributed by atoms with E-state index >= 15 is 0 Å². The third kappa shape index (κ3) is 6.91. The Morgan fingerprint density at radius 1 is 0.412 bits per heavy atom. The second kappa shape index (κ2) is 15.7. The normalized spacial score (nSPS) is 13.1. The van der Waals surface area contributed by atoms with Gasteiger partial charge in [-0.05, 0) is 159 Å². The van der Waals surface area contributed by atoms with E-state index in [0.717, 1.165) is 61.5 Å². The Bertz CT molecular complexity index is 3510.